The van der Waals surface area contributed by atoms with Crippen molar-refractivity contribution in [3.63, 3.8) is 0 Å². The molecule has 0 radical (unpaired) electrons. The molecule has 1 aromatic rings. The van der Waals surface area contributed by atoms with E-state index in [0.717, 1.165) is 16.8 Å². The molecular weight excluding hydrogens is 152 g/mol. The largest absolute Gasteiger partial charge is 0.374 e. The fourth-order valence-electron chi connectivity index (χ4n) is 1.26. The van der Waals surface area contributed by atoms with E-state index in [9.17, 15) is 5.11 Å². The van der Waals surface area contributed by atoms with Crippen molar-refractivity contribution < 1.29 is 5.11 Å². The standard InChI is InChI=1S/C9H14N2O/c1-6-4-5-11-7(2)8(6)9(12)10-3/h4-5,9-10,12H,1-3H3. The van der Waals surface area contributed by atoms with Crippen molar-refractivity contribution in [2.45, 2.75) is 20.1 Å². The average Bonchev–Trinajstić information content (AvgIpc) is 2.03. The highest BCUT2D eigenvalue weighted by Crippen LogP contribution is 2.16. The van der Waals surface area contributed by atoms with Crippen molar-refractivity contribution in [2.75, 3.05) is 7.05 Å². The Morgan fingerprint density at radius 3 is 2.67 bits per heavy atom. The summed E-state index contributed by atoms with van der Waals surface area (Å²) in [4.78, 5) is 4.11. The fraction of sp³-hybridized carbons (Fsp3) is 0.444. The number of aliphatic hydroxyl groups excluding tert-OH is 1. The zero-order valence-electron chi connectivity index (χ0n) is 7.63. The summed E-state index contributed by atoms with van der Waals surface area (Å²) in [6.07, 6.45) is 1.13. The Morgan fingerprint density at radius 2 is 2.17 bits per heavy atom. The van der Waals surface area contributed by atoms with Crippen molar-refractivity contribution in [2.24, 2.45) is 0 Å². The van der Waals surface area contributed by atoms with Gasteiger partial charge in [-0.3, -0.25) is 10.3 Å². The van der Waals surface area contributed by atoms with Crippen LogP contribution in [0.4, 0.5) is 0 Å². The monoisotopic (exact) mass is 166 g/mol. The molecule has 0 aliphatic rings. The van der Waals surface area contributed by atoms with Gasteiger partial charge in [0.25, 0.3) is 0 Å². The molecule has 0 spiro atoms. The molecule has 1 atom stereocenters. The molecule has 3 heteroatoms. The quantitative estimate of drug-likeness (QED) is 0.642. The summed E-state index contributed by atoms with van der Waals surface area (Å²) < 4.78 is 0. The van der Waals surface area contributed by atoms with Gasteiger partial charge in [0, 0.05) is 17.5 Å². The van der Waals surface area contributed by atoms with Gasteiger partial charge in [-0.1, -0.05) is 0 Å². The Hall–Kier alpha value is -0.930. The van der Waals surface area contributed by atoms with Crippen LogP contribution in [0.25, 0.3) is 0 Å². The molecule has 2 N–H and O–H groups in total. The van der Waals surface area contributed by atoms with Crippen molar-refractivity contribution in [1.82, 2.24) is 10.3 Å². The summed E-state index contributed by atoms with van der Waals surface area (Å²) in [6, 6.07) is 1.89. The summed E-state index contributed by atoms with van der Waals surface area (Å²) in [7, 11) is 1.72. The van der Waals surface area contributed by atoms with Gasteiger partial charge in [-0.2, -0.15) is 0 Å². The highest BCUT2D eigenvalue weighted by molar-refractivity contribution is 5.29. The molecule has 12 heavy (non-hydrogen) atoms. The minimum atomic E-state index is -0.612. The highest BCUT2D eigenvalue weighted by Gasteiger charge is 2.10. The third kappa shape index (κ3) is 1.62. The van der Waals surface area contributed by atoms with E-state index in [1.807, 2.05) is 19.9 Å². The van der Waals surface area contributed by atoms with Crippen LogP contribution >= 0.6 is 0 Å². The van der Waals surface area contributed by atoms with E-state index in [1.165, 1.54) is 0 Å². The lowest BCUT2D eigenvalue weighted by Crippen LogP contribution is -2.18. The van der Waals surface area contributed by atoms with Gasteiger partial charge in [-0.25, -0.2) is 0 Å². The van der Waals surface area contributed by atoms with Gasteiger partial charge in [0.15, 0.2) is 0 Å². The number of aromatic nitrogens is 1. The number of hydrogen-bond donors (Lipinski definition) is 2. The first kappa shape index (κ1) is 9.16. The smallest absolute Gasteiger partial charge is 0.132 e. The Morgan fingerprint density at radius 1 is 1.50 bits per heavy atom. The average molecular weight is 166 g/mol. The predicted octanol–water partition coefficient (Wildman–Crippen LogP) is 0.909. The molecule has 0 fully saturated rings. The van der Waals surface area contributed by atoms with E-state index in [2.05, 4.69) is 10.3 Å². The van der Waals surface area contributed by atoms with Gasteiger partial charge < -0.3 is 5.11 Å². The van der Waals surface area contributed by atoms with Crippen LogP contribution < -0.4 is 5.32 Å². The van der Waals surface area contributed by atoms with E-state index in [-0.39, 0.29) is 0 Å². The number of nitrogens with zero attached hydrogens (tertiary/aromatic N) is 1. The zero-order valence-corrected chi connectivity index (χ0v) is 7.63. The number of rotatable bonds is 2. The zero-order chi connectivity index (χ0) is 9.14. The first-order valence-electron chi connectivity index (χ1n) is 3.94. The minimum Gasteiger partial charge on any atom is -0.374 e. The SMILES string of the molecule is CNC(O)c1c(C)ccnc1C. The van der Waals surface area contributed by atoms with Crippen molar-refractivity contribution >= 4 is 0 Å². The lowest BCUT2D eigenvalue weighted by atomic mass is 10.1. The number of nitrogens with one attached hydrogen (secondary N) is 1. The molecular formula is C9H14N2O. The molecule has 0 saturated heterocycles. The third-order valence-electron chi connectivity index (χ3n) is 1.95. The molecule has 0 bridgehead atoms. The van der Waals surface area contributed by atoms with Crippen LogP contribution in [0.3, 0.4) is 0 Å². The molecule has 1 heterocycles. The second-order valence-electron chi connectivity index (χ2n) is 2.82. The molecule has 1 rings (SSSR count). The van der Waals surface area contributed by atoms with Crippen LogP contribution in [0.1, 0.15) is 23.0 Å². The molecule has 66 valence electrons. The molecule has 3 nitrogen and oxygen atoms in total. The molecule has 0 aliphatic carbocycles. The summed E-state index contributed by atoms with van der Waals surface area (Å²) in [6.45, 7) is 3.85. The van der Waals surface area contributed by atoms with Crippen molar-refractivity contribution in [1.29, 1.82) is 0 Å². The number of aryl methyl sites for hydroxylation is 2. The van der Waals surface area contributed by atoms with Crippen LogP contribution in [-0.2, 0) is 0 Å². The molecule has 0 aliphatic heterocycles. The first-order chi connectivity index (χ1) is 5.66. The maximum Gasteiger partial charge on any atom is 0.132 e. The van der Waals surface area contributed by atoms with Crippen LogP contribution in [-0.4, -0.2) is 17.1 Å². The van der Waals surface area contributed by atoms with Crippen LogP contribution in [0.15, 0.2) is 12.3 Å². The van der Waals surface area contributed by atoms with E-state index in [4.69, 9.17) is 0 Å². The Balaban J connectivity index is 3.12. The topological polar surface area (TPSA) is 45.1 Å². The number of pyridine rings is 1. The lowest BCUT2D eigenvalue weighted by Gasteiger charge is -2.14. The van der Waals surface area contributed by atoms with E-state index >= 15 is 0 Å². The lowest BCUT2D eigenvalue weighted by molar-refractivity contribution is 0.147. The Kier molecular flexibility index (Phi) is 2.78. The number of aliphatic hydroxyl groups is 1. The number of hydrogen-bond acceptors (Lipinski definition) is 3. The predicted molar refractivity (Wildman–Crippen MR) is 47.7 cm³/mol. The summed E-state index contributed by atoms with van der Waals surface area (Å²) in [5.41, 5.74) is 2.81. The van der Waals surface area contributed by atoms with Crippen molar-refractivity contribution in [3.8, 4) is 0 Å². The normalized spacial score (nSPS) is 13.0. The molecule has 0 aromatic carbocycles. The van der Waals surface area contributed by atoms with Gasteiger partial charge in [0.2, 0.25) is 0 Å². The van der Waals surface area contributed by atoms with Crippen LogP contribution in [0.2, 0.25) is 0 Å². The van der Waals surface area contributed by atoms with Gasteiger partial charge in [0.05, 0.1) is 0 Å². The van der Waals surface area contributed by atoms with E-state index < -0.39 is 6.23 Å². The van der Waals surface area contributed by atoms with Gasteiger partial charge in [-0.15, -0.1) is 0 Å². The second-order valence-corrected chi connectivity index (χ2v) is 2.82. The minimum absolute atomic E-state index is 0.612. The fourth-order valence-corrected chi connectivity index (χ4v) is 1.26. The second kappa shape index (κ2) is 3.65. The molecule has 0 amide bonds. The maximum atomic E-state index is 9.54. The Bertz CT molecular complexity index is 253. The summed E-state index contributed by atoms with van der Waals surface area (Å²) in [5.74, 6) is 0. The summed E-state index contributed by atoms with van der Waals surface area (Å²) >= 11 is 0. The highest BCUT2D eigenvalue weighted by atomic mass is 16.3. The molecule has 1 aromatic heterocycles. The molecule has 1 unspecified atom stereocenters. The molecule has 0 saturated carbocycles. The first-order valence-corrected chi connectivity index (χ1v) is 3.94. The van der Waals surface area contributed by atoms with Gasteiger partial charge in [-0.05, 0) is 32.5 Å². The third-order valence-corrected chi connectivity index (χ3v) is 1.95. The van der Waals surface area contributed by atoms with Crippen LogP contribution in [0.5, 0.6) is 0 Å². The van der Waals surface area contributed by atoms with Crippen LogP contribution in [0, 0.1) is 13.8 Å². The van der Waals surface area contributed by atoms with Gasteiger partial charge in [0.1, 0.15) is 6.23 Å². The Labute approximate surface area is 72.5 Å². The van der Waals surface area contributed by atoms with Gasteiger partial charge >= 0.3 is 0 Å². The summed E-state index contributed by atoms with van der Waals surface area (Å²) in [5, 5.41) is 12.3. The van der Waals surface area contributed by atoms with E-state index in [1.54, 1.807) is 13.2 Å². The maximum absolute atomic E-state index is 9.54. The van der Waals surface area contributed by atoms with Crippen molar-refractivity contribution in [3.05, 3.63) is 29.1 Å². The van der Waals surface area contributed by atoms with E-state index in [0.29, 0.717) is 0 Å².